The van der Waals surface area contributed by atoms with Crippen molar-refractivity contribution < 1.29 is 13.6 Å². The van der Waals surface area contributed by atoms with Crippen molar-refractivity contribution in [2.24, 2.45) is 5.92 Å². The highest BCUT2D eigenvalue weighted by Crippen LogP contribution is 2.32. The largest absolute Gasteiger partial charge is 0.459 e. The quantitative estimate of drug-likeness (QED) is 0.522. The number of nitrogens with one attached hydrogen (secondary N) is 1. The number of aromatic nitrogens is 1. The second-order valence-electron chi connectivity index (χ2n) is 7.46. The predicted molar refractivity (Wildman–Crippen MR) is 113 cm³/mol. The molecule has 2 aromatic carbocycles. The minimum absolute atomic E-state index is 0.00717. The SMILES string of the molecule is CC(NC(=O)[C@@H]1CCN(c2nc3ccccc3s2)C1)c1cc2cc(F)ccc2o1. The van der Waals surface area contributed by atoms with E-state index in [4.69, 9.17) is 9.40 Å². The summed E-state index contributed by atoms with van der Waals surface area (Å²) in [6.07, 6.45) is 0.791. The van der Waals surface area contributed by atoms with Gasteiger partial charge in [0.15, 0.2) is 5.13 Å². The Morgan fingerprint density at radius 1 is 1.31 bits per heavy atom. The van der Waals surface area contributed by atoms with Gasteiger partial charge in [-0.15, -0.1) is 0 Å². The van der Waals surface area contributed by atoms with E-state index in [0.29, 0.717) is 23.3 Å². The maximum absolute atomic E-state index is 13.4. The molecule has 4 aromatic rings. The third kappa shape index (κ3) is 3.46. The number of amides is 1. The Bertz CT molecular complexity index is 1170. The van der Waals surface area contributed by atoms with Crippen molar-refractivity contribution in [1.29, 1.82) is 0 Å². The molecule has 1 amide bonds. The molecular weight excluding hydrogens is 389 g/mol. The summed E-state index contributed by atoms with van der Waals surface area (Å²) in [7, 11) is 0. The van der Waals surface area contributed by atoms with Crippen molar-refractivity contribution >= 4 is 43.6 Å². The first-order chi connectivity index (χ1) is 14.1. The molecule has 5 rings (SSSR count). The minimum Gasteiger partial charge on any atom is -0.459 e. The summed E-state index contributed by atoms with van der Waals surface area (Å²) in [4.78, 5) is 19.7. The zero-order valence-electron chi connectivity index (χ0n) is 15.9. The lowest BCUT2D eigenvalue weighted by Crippen LogP contribution is -2.34. The third-order valence-corrected chi connectivity index (χ3v) is 6.49. The van der Waals surface area contributed by atoms with E-state index in [9.17, 15) is 9.18 Å². The number of nitrogens with zero attached hydrogens (tertiary/aromatic N) is 2. The predicted octanol–water partition coefficient (Wildman–Crippen LogP) is 4.89. The van der Waals surface area contributed by atoms with E-state index in [1.807, 2.05) is 25.1 Å². The smallest absolute Gasteiger partial charge is 0.225 e. The highest BCUT2D eigenvalue weighted by Gasteiger charge is 2.31. The van der Waals surface area contributed by atoms with Gasteiger partial charge in [0.25, 0.3) is 0 Å². The van der Waals surface area contributed by atoms with Gasteiger partial charge < -0.3 is 14.6 Å². The average molecular weight is 409 g/mol. The van der Waals surface area contributed by atoms with Gasteiger partial charge in [-0.3, -0.25) is 4.79 Å². The van der Waals surface area contributed by atoms with Crippen LogP contribution in [-0.2, 0) is 4.79 Å². The summed E-state index contributed by atoms with van der Waals surface area (Å²) >= 11 is 1.66. The molecule has 2 atom stereocenters. The van der Waals surface area contributed by atoms with Gasteiger partial charge in [0.1, 0.15) is 17.2 Å². The molecule has 1 fully saturated rings. The zero-order chi connectivity index (χ0) is 20.0. The van der Waals surface area contributed by atoms with Crippen LogP contribution in [0.15, 0.2) is 52.9 Å². The van der Waals surface area contributed by atoms with E-state index in [2.05, 4.69) is 16.3 Å². The van der Waals surface area contributed by atoms with E-state index < -0.39 is 0 Å². The molecule has 1 saturated heterocycles. The maximum atomic E-state index is 13.4. The number of para-hydroxylation sites is 1. The van der Waals surface area contributed by atoms with Gasteiger partial charge in [-0.1, -0.05) is 23.5 Å². The first-order valence-corrected chi connectivity index (χ1v) is 10.5. The normalized spacial score (nSPS) is 17.9. The molecule has 2 aromatic heterocycles. The number of furan rings is 1. The zero-order valence-corrected chi connectivity index (χ0v) is 16.7. The summed E-state index contributed by atoms with van der Waals surface area (Å²) in [5.41, 5.74) is 1.61. The molecular formula is C22H20FN3O2S. The van der Waals surface area contributed by atoms with Gasteiger partial charge in [0.05, 0.1) is 22.2 Å². The highest BCUT2D eigenvalue weighted by molar-refractivity contribution is 7.22. The van der Waals surface area contributed by atoms with Crippen molar-refractivity contribution in [2.45, 2.75) is 19.4 Å². The molecule has 3 heterocycles. The Morgan fingerprint density at radius 3 is 3.03 bits per heavy atom. The number of halogens is 1. The average Bonchev–Trinajstić information content (AvgIpc) is 3.44. The molecule has 1 aliphatic rings. The van der Waals surface area contributed by atoms with Crippen LogP contribution in [0.4, 0.5) is 9.52 Å². The van der Waals surface area contributed by atoms with Crippen LogP contribution in [0.25, 0.3) is 21.2 Å². The lowest BCUT2D eigenvalue weighted by atomic mass is 10.1. The van der Waals surface area contributed by atoms with E-state index in [1.54, 1.807) is 23.5 Å². The van der Waals surface area contributed by atoms with Crippen LogP contribution in [0.3, 0.4) is 0 Å². The number of anilines is 1. The lowest BCUT2D eigenvalue weighted by molar-refractivity contribution is -0.125. The number of hydrogen-bond acceptors (Lipinski definition) is 5. The van der Waals surface area contributed by atoms with Gasteiger partial charge in [-0.25, -0.2) is 9.37 Å². The fourth-order valence-corrected chi connectivity index (χ4v) is 4.79. The Balaban J connectivity index is 1.25. The van der Waals surface area contributed by atoms with Crippen LogP contribution in [0.1, 0.15) is 25.1 Å². The van der Waals surface area contributed by atoms with Crippen LogP contribution in [-0.4, -0.2) is 24.0 Å². The van der Waals surface area contributed by atoms with Crippen molar-refractivity contribution in [3.05, 3.63) is 60.1 Å². The standard InChI is InChI=1S/C22H20FN3O2S/c1-13(19-11-15-10-16(23)6-7-18(15)28-19)24-21(27)14-8-9-26(12-14)22-25-17-4-2-3-5-20(17)29-22/h2-7,10-11,13-14H,8-9,12H2,1H3,(H,24,27)/t13?,14-/m1/s1. The summed E-state index contributed by atoms with van der Waals surface area (Å²) < 4.78 is 20.3. The van der Waals surface area contributed by atoms with Gasteiger partial charge >= 0.3 is 0 Å². The summed E-state index contributed by atoms with van der Waals surface area (Å²) in [5.74, 6) is 0.237. The first kappa shape index (κ1) is 18.1. The van der Waals surface area contributed by atoms with Crippen molar-refractivity contribution in [1.82, 2.24) is 10.3 Å². The van der Waals surface area contributed by atoms with E-state index in [0.717, 1.165) is 28.3 Å². The summed E-state index contributed by atoms with van der Waals surface area (Å²) in [5, 5.41) is 4.71. The molecule has 0 bridgehead atoms. The van der Waals surface area contributed by atoms with Crippen molar-refractivity contribution in [2.75, 3.05) is 18.0 Å². The number of carbonyl (C=O) groups is 1. The Hall–Kier alpha value is -2.93. The summed E-state index contributed by atoms with van der Waals surface area (Å²) in [6, 6.07) is 14.0. The number of hydrogen-bond donors (Lipinski definition) is 1. The van der Waals surface area contributed by atoms with E-state index >= 15 is 0 Å². The monoisotopic (exact) mass is 409 g/mol. The van der Waals surface area contributed by atoms with Crippen molar-refractivity contribution in [3.8, 4) is 0 Å². The number of fused-ring (bicyclic) bond motifs is 2. The van der Waals surface area contributed by atoms with Crippen molar-refractivity contribution in [3.63, 3.8) is 0 Å². The molecule has 0 aliphatic carbocycles. The Morgan fingerprint density at radius 2 is 2.17 bits per heavy atom. The summed E-state index contributed by atoms with van der Waals surface area (Å²) in [6.45, 7) is 3.35. The van der Waals surface area contributed by atoms with Gasteiger partial charge in [-0.05, 0) is 49.7 Å². The van der Waals surface area contributed by atoms with E-state index in [1.165, 1.54) is 12.1 Å². The lowest BCUT2D eigenvalue weighted by Gasteiger charge is -2.17. The van der Waals surface area contributed by atoms with Crippen LogP contribution in [0.2, 0.25) is 0 Å². The topological polar surface area (TPSA) is 58.4 Å². The number of thiazole rings is 1. The first-order valence-electron chi connectivity index (χ1n) is 9.67. The Labute approximate surface area is 171 Å². The van der Waals surface area contributed by atoms with Crippen LogP contribution < -0.4 is 10.2 Å². The molecule has 0 saturated carbocycles. The molecule has 1 N–H and O–H groups in total. The highest BCUT2D eigenvalue weighted by atomic mass is 32.1. The fourth-order valence-electron chi connectivity index (χ4n) is 3.79. The number of rotatable bonds is 4. The maximum Gasteiger partial charge on any atom is 0.225 e. The fraction of sp³-hybridized carbons (Fsp3) is 0.273. The van der Waals surface area contributed by atoms with Gasteiger partial charge in [0.2, 0.25) is 5.91 Å². The number of benzene rings is 2. The molecule has 7 heteroatoms. The molecule has 1 unspecified atom stereocenters. The number of carbonyl (C=O) groups excluding carboxylic acids is 1. The van der Waals surface area contributed by atoms with Crippen LogP contribution in [0, 0.1) is 11.7 Å². The second-order valence-corrected chi connectivity index (χ2v) is 8.47. The Kier molecular flexibility index (Phi) is 4.47. The second kappa shape index (κ2) is 7.15. The van der Waals surface area contributed by atoms with Gasteiger partial charge in [0, 0.05) is 18.5 Å². The van der Waals surface area contributed by atoms with Crippen LogP contribution >= 0.6 is 11.3 Å². The molecule has 148 valence electrons. The van der Waals surface area contributed by atoms with Crippen LogP contribution in [0.5, 0.6) is 0 Å². The van der Waals surface area contributed by atoms with Gasteiger partial charge in [-0.2, -0.15) is 0 Å². The molecule has 0 spiro atoms. The molecule has 29 heavy (non-hydrogen) atoms. The van der Waals surface area contributed by atoms with E-state index in [-0.39, 0.29) is 23.7 Å². The minimum atomic E-state index is -0.303. The molecule has 1 aliphatic heterocycles. The molecule has 0 radical (unpaired) electrons. The third-order valence-electron chi connectivity index (χ3n) is 5.40. The molecule has 5 nitrogen and oxygen atoms in total.